The molecule has 188 valence electrons. The molecule has 2 aliphatic rings. The molecule has 1 aliphatic carbocycles. The van der Waals surface area contributed by atoms with Crippen molar-refractivity contribution in [1.29, 1.82) is 0 Å². The van der Waals surface area contributed by atoms with Gasteiger partial charge in [0.05, 0.1) is 14.2 Å². The first-order valence-corrected chi connectivity index (χ1v) is 13.3. The summed E-state index contributed by atoms with van der Waals surface area (Å²) in [5, 5.41) is 0. The van der Waals surface area contributed by atoms with E-state index in [-0.39, 0.29) is 11.5 Å². The van der Waals surface area contributed by atoms with Crippen molar-refractivity contribution in [2.75, 3.05) is 27.8 Å². The van der Waals surface area contributed by atoms with E-state index in [2.05, 4.69) is 30.2 Å². The quantitative estimate of drug-likeness (QED) is 0.301. The van der Waals surface area contributed by atoms with Gasteiger partial charge in [-0.05, 0) is 74.5 Å². The number of nitrogens with zero attached hydrogens (tertiary/aromatic N) is 1. The van der Waals surface area contributed by atoms with E-state index in [0.29, 0.717) is 11.5 Å². The molecule has 2 unspecified atom stereocenters. The molecule has 36 heavy (non-hydrogen) atoms. The number of rotatable bonds is 9. The maximum atomic E-state index is 6.43. The summed E-state index contributed by atoms with van der Waals surface area (Å²) in [6.45, 7) is 1.01. The highest BCUT2D eigenvalue weighted by atomic mass is 31.2. The fourth-order valence-electron chi connectivity index (χ4n) is 5.22. The van der Waals surface area contributed by atoms with Crippen LogP contribution in [0.1, 0.15) is 24.8 Å². The Kier molecular flexibility index (Phi) is 7.35. The number of para-hydroxylation sites is 2. The van der Waals surface area contributed by atoms with Crippen LogP contribution in [0.4, 0.5) is 0 Å². The van der Waals surface area contributed by atoms with Gasteiger partial charge in [-0.25, -0.2) is 0 Å². The Hall–Kier alpha value is -3.21. The van der Waals surface area contributed by atoms with Gasteiger partial charge in [0.2, 0.25) is 0 Å². The Bertz CT molecular complexity index is 1150. The van der Waals surface area contributed by atoms with E-state index in [1.807, 2.05) is 66.7 Å². The van der Waals surface area contributed by atoms with Crippen LogP contribution >= 0.6 is 8.60 Å². The summed E-state index contributed by atoms with van der Waals surface area (Å²) in [6, 6.07) is 25.8. The zero-order valence-electron chi connectivity index (χ0n) is 20.9. The van der Waals surface area contributed by atoms with Gasteiger partial charge in [-0.3, -0.25) is 4.90 Å². The lowest BCUT2D eigenvalue weighted by Crippen LogP contribution is -2.42. The van der Waals surface area contributed by atoms with Gasteiger partial charge in [-0.1, -0.05) is 42.5 Å². The third kappa shape index (κ3) is 5.02. The first-order valence-electron chi connectivity index (χ1n) is 12.2. The smallest absolute Gasteiger partial charge is 0.493 e. The number of likely N-dealkylation sites (tertiary alicyclic amines) is 1. The molecule has 0 N–H and O–H groups in total. The molecule has 1 saturated heterocycles. The highest BCUT2D eigenvalue weighted by Gasteiger charge is 2.49. The van der Waals surface area contributed by atoms with Gasteiger partial charge in [0.15, 0.2) is 11.5 Å². The van der Waals surface area contributed by atoms with E-state index in [9.17, 15) is 0 Å². The van der Waals surface area contributed by atoms with Crippen molar-refractivity contribution in [3.05, 3.63) is 96.3 Å². The van der Waals surface area contributed by atoms with E-state index in [0.717, 1.165) is 43.1 Å². The molecule has 0 radical (unpaired) electrons. The predicted molar refractivity (Wildman–Crippen MR) is 142 cm³/mol. The number of benzene rings is 3. The number of likely N-dealkylation sites (N-methyl/N-ethyl adjacent to an activating group) is 1. The van der Waals surface area contributed by atoms with Crippen LogP contribution in [0.2, 0.25) is 0 Å². The molecular weight excluding hydrogens is 473 g/mol. The van der Waals surface area contributed by atoms with Crippen LogP contribution in [-0.2, 0) is 9.94 Å². The summed E-state index contributed by atoms with van der Waals surface area (Å²) in [4.78, 5) is 2.40. The molecule has 3 aromatic rings. The average molecular weight is 506 g/mol. The zero-order valence-corrected chi connectivity index (χ0v) is 21.8. The predicted octanol–water partition coefficient (Wildman–Crippen LogP) is 6.72. The molecule has 0 aromatic heterocycles. The first-order chi connectivity index (χ1) is 17.6. The summed E-state index contributed by atoms with van der Waals surface area (Å²) < 4.78 is 29.8. The van der Waals surface area contributed by atoms with Crippen LogP contribution in [0.15, 0.2) is 90.7 Å². The van der Waals surface area contributed by atoms with Crippen LogP contribution in [0.25, 0.3) is 0 Å². The second-order valence-corrected chi connectivity index (χ2v) is 10.2. The molecule has 0 amide bonds. The third-order valence-corrected chi connectivity index (χ3v) is 8.21. The van der Waals surface area contributed by atoms with Crippen LogP contribution < -0.4 is 18.5 Å². The Morgan fingerprint density at radius 3 is 2.03 bits per heavy atom. The lowest BCUT2D eigenvalue weighted by atomic mass is 9.68. The minimum Gasteiger partial charge on any atom is -0.493 e. The summed E-state index contributed by atoms with van der Waals surface area (Å²) in [5.74, 6) is 3.85. The molecule has 1 heterocycles. The van der Waals surface area contributed by atoms with Crippen molar-refractivity contribution in [2.24, 2.45) is 0 Å². The molecule has 2 atom stereocenters. The minimum atomic E-state index is -1.68. The average Bonchev–Trinajstić information content (AvgIpc) is 3.26. The van der Waals surface area contributed by atoms with Crippen LogP contribution in [-0.4, -0.2) is 38.8 Å². The van der Waals surface area contributed by atoms with Crippen LogP contribution in [0.5, 0.6) is 23.0 Å². The van der Waals surface area contributed by atoms with E-state index in [1.165, 1.54) is 5.56 Å². The van der Waals surface area contributed by atoms with Crippen molar-refractivity contribution in [3.8, 4) is 23.0 Å². The highest BCUT2D eigenvalue weighted by Crippen LogP contribution is 2.52. The highest BCUT2D eigenvalue weighted by molar-refractivity contribution is 7.42. The number of methoxy groups -OCH3 is 2. The topological polar surface area (TPSA) is 49.4 Å². The SMILES string of the molecule is COc1ccc(C23CCC(OP(Oc4ccccc4)Oc4ccccc4)=CC2N(C)CC3)cc1OC. The molecule has 0 bridgehead atoms. The van der Waals surface area contributed by atoms with E-state index in [4.69, 9.17) is 23.0 Å². The van der Waals surface area contributed by atoms with Crippen LogP contribution in [0.3, 0.4) is 0 Å². The first kappa shape index (κ1) is 24.5. The maximum absolute atomic E-state index is 6.43. The molecule has 7 heteroatoms. The summed E-state index contributed by atoms with van der Waals surface area (Å²) >= 11 is 0. The Morgan fingerprint density at radius 2 is 1.42 bits per heavy atom. The minimum absolute atomic E-state index is 0.00943. The summed E-state index contributed by atoms with van der Waals surface area (Å²) in [6.07, 6.45) is 5.09. The molecule has 0 saturated carbocycles. The molecule has 1 fully saturated rings. The van der Waals surface area contributed by atoms with E-state index in [1.54, 1.807) is 14.2 Å². The Balaban J connectivity index is 1.41. The fraction of sp³-hybridized carbons (Fsp3) is 0.310. The fourth-order valence-corrected chi connectivity index (χ4v) is 6.26. The third-order valence-electron chi connectivity index (χ3n) is 7.11. The van der Waals surface area contributed by atoms with Gasteiger partial charge in [0, 0.05) is 17.9 Å². The van der Waals surface area contributed by atoms with Gasteiger partial charge in [0.1, 0.15) is 17.3 Å². The maximum Gasteiger partial charge on any atom is 0.529 e. The van der Waals surface area contributed by atoms with E-state index < -0.39 is 8.60 Å². The zero-order chi connectivity index (χ0) is 25.0. The van der Waals surface area contributed by atoms with Crippen molar-refractivity contribution >= 4 is 8.60 Å². The van der Waals surface area contributed by atoms with Crippen molar-refractivity contribution in [2.45, 2.75) is 30.7 Å². The monoisotopic (exact) mass is 505 g/mol. The second-order valence-electron chi connectivity index (χ2n) is 9.16. The lowest BCUT2D eigenvalue weighted by molar-refractivity contribution is 0.233. The lowest BCUT2D eigenvalue weighted by Gasteiger charge is -2.40. The number of hydrogen-bond donors (Lipinski definition) is 0. The van der Waals surface area contributed by atoms with Gasteiger partial charge in [0.25, 0.3) is 0 Å². The molecule has 5 rings (SSSR count). The van der Waals surface area contributed by atoms with Crippen LogP contribution in [0, 0.1) is 0 Å². The van der Waals surface area contributed by atoms with Crippen molar-refractivity contribution in [1.82, 2.24) is 4.90 Å². The summed E-state index contributed by atoms with van der Waals surface area (Å²) in [5.41, 5.74) is 1.26. The molecule has 6 nitrogen and oxygen atoms in total. The second kappa shape index (κ2) is 10.8. The van der Waals surface area contributed by atoms with Crippen molar-refractivity contribution < 1.29 is 23.0 Å². The standard InChI is InChI=1S/C29H32NO5P/c1-30-19-18-29(22-14-15-26(31-2)27(20-22)32-3)17-16-25(21-28(29)30)35-36(33-23-10-6-4-7-11-23)34-24-12-8-5-9-13-24/h4-15,20-21,28H,16-19H2,1-3H3. The number of fused-ring (bicyclic) bond motifs is 1. The summed E-state index contributed by atoms with van der Waals surface area (Å²) in [7, 11) is 3.86. The molecule has 3 aromatic carbocycles. The number of ether oxygens (including phenoxy) is 2. The molecular formula is C29H32NO5P. The largest absolute Gasteiger partial charge is 0.529 e. The molecule has 0 spiro atoms. The Morgan fingerprint density at radius 1 is 0.778 bits per heavy atom. The molecule has 1 aliphatic heterocycles. The Labute approximate surface area is 214 Å². The van der Waals surface area contributed by atoms with Gasteiger partial charge in [-0.2, -0.15) is 0 Å². The van der Waals surface area contributed by atoms with Crippen molar-refractivity contribution in [3.63, 3.8) is 0 Å². The van der Waals surface area contributed by atoms with E-state index >= 15 is 0 Å². The number of hydrogen-bond acceptors (Lipinski definition) is 6. The van der Waals surface area contributed by atoms with Gasteiger partial charge < -0.3 is 23.0 Å². The number of allylic oxidation sites excluding steroid dienone is 1. The van der Waals surface area contributed by atoms with Gasteiger partial charge in [-0.15, -0.1) is 0 Å². The normalized spacial score (nSPS) is 21.4. The van der Waals surface area contributed by atoms with Gasteiger partial charge >= 0.3 is 8.60 Å².